The van der Waals surface area contributed by atoms with E-state index in [1.165, 1.54) is 19.3 Å². The van der Waals surface area contributed by atoms with Crippen molar-refractivity contribution in [2.75, 3.05) is 32.3 Å². The fraction of sp³-hybridized carbons (Fsp3) is 0.562. The molecular weight excluding hydrogens is 524 g/mol. The third-order valence-electron chi connectivity index (χ3n) is 8.26. The first-order valence-corrected chi connectivity index (χ1v) is 15.9. The number of aliphatic carboxylic acids is 1. The van der Waals surface area contributed by atoms with E-state index >= 15 is 0 Å². The van der Waals surface area contributed by atoms with E-state index in [-0.39, 0.29) is 18.1 Å². The molecule has 1 aliphatic heterocycles. The zero-order chi connectivity index (χ0) is 28.5. The molecule has 0 aromatic heterocycles. The standard InChI is InChI=1S/C32H44N2O5S/c1-22-9-7-8-12-27(22)29-17-23(13-14-28(29)31(35)33-30(32(36)37)15-16-40-3)19-34-20-26(38-2)18-24(34)21-39-25-10-5-4-6-11-25/h7-9,12-14,17,24-26,30H,4-6,10-11,15-16,18-21H2,1-3H3,(H,33,35)(H,36,37). The van der Waals surface area contributed by atoms with Crippen LogP contribution in [0.15, 0.2) is 42.5 Å². The summed E-state index contributed by atoms with van der Waals surface area (Å²) < 4.78 is 12.1. The molecule has 2 aromatic rings. The van der Waals surface area contributed by atoms with Crippen LogP contribution in [0.2, 0.25) is 0 Å². The highest BCUT2D eigenvalue weighted by Gasteiger charge is 2.33. The summed E-state index contributed by atoms with van der Waals surface area (Å²) in [6.45, 7) is 4.31. The van der Waals surface area contributed by atoms with Crippen molar-refractivity contribution < 1.29 is 24.2 Å². The molecule has 7 nitrogen and oxygen atoms in total. The number of amides is 1. The number of carbonyl (C=O) groups is 2. The summed E-state index contributed by atoms with van der Waals surface area (Å²) in [4.78, 5) is 27.7. The fourth-order valence-corrected chi connectivity index (χ4v) is 6.38. The van der Waals surface area contributed by atoms with Gasteiger partial charge in [0.05, 0.1) is 18.8 Å². The SMILES string of the molecule is COC1CC(COC2CCCCC2)N(Cc2ccc(C(=O)NC(CCSC)C(=O)O)c(-c3ccccc3C)c2)C1. The molecule has 1 aliphatic carbocycles. The van der Waals surface area contributed by atoms with E-state index in [2.05, 4.69) is 16.3 Å². The van der Waals surface area contributed by atoms with Crippen molar-refractivity contribution in [2.24, 2.45) is 0 Å². The summed E-state index contributed by atoms with van der Waals surface area (Å²) in [6, 6.07) is 13.3. The molecule has 1 saturated heterocycles. The maximum absolute atomic E-state index is 13.4. The van der Waals surface area contributed by atoms with Gasteiger partial charge in [-0.2, -0.15) is 11.8 Å². The van der Waals surface area contributed by atoms with Gasteiger partial charge in [0.2, 0.25) is 0 Å². The van der Waals surface area contributed by atoms with Crippen LogP contribution in [-0.2, 0) is 20.8 Å². The van der Waals surface area contributed by atoms with Crippen LogP contribution in [0.25, 0.3) is 11.1 Å². The maximum Gasteiger partial charge on any atom is 0.326 e. The maximum atomic E-state index is 13.4. The molecule has 1 heterocycles. The van der Waals surface area contributed by atoms with Gasteiger partial charge in [-0.25, -0.2) is 4.79 Å². The van der Waals surface area contributed by atoms with Crippen molar-refractivity contribution in [1.82, 2.24) is 10.2 Å². The zero-order valence-electron chi connectivity index (χ0n) is 24.1. The molecule has 2 N–H and O–H groups in total. The molecule has 4 rings (SSSR count). The van der Waals surface area contributed by atoms with Crippen LogP contribution in [0, 0.1) is 6.92 Å². The Bertz CT molecular complexity index is 1140. The van der Waals surface area contributed by atoms with Gasteiger partial charge < -0.3 is 19.9 Å². The molecular formula is C32H44N2O5S. The highest BCUT2D eigenvalue weighted by atomic mass is 32.2. The van der Waals surface area contributed by atoms with Gasteiger partial charge in [-0.15, -0.1) is 0 Å². The number of benzene rings is 2. The largest absolute Gasteiger partial charge is 0.480 e. The van der Waals surface area contributed by atoms with E-state index in [0.717, 1.165) is 54.6 Å². The number of carboxylic acid groups (broad SMARTS) is 1. The van der Waals surface area contributed by atoms with E-state index in [0.29, 0.717) is 30.4 Å². The number of rotatable bonds is 13. The van der Waals surface area contributed by atoms with Crippen molar-refractivity contribution in [3.05, 3.63) is 59.2 Å². The Morgan fingerprint density at radius 3 is 2.58 bits per heavy atom. The lowest BCUT2D eigenvalue weighted by molar-refractivity contribution is -0.139. The molecule has 3 unspecified atom stereocenters. The van der Waals surface area contributed by atoms with Gasteiger partial charge in [0, 0.05) is 31.8 Å². The van der Waals surface area contributed by atoms with Crippen molar-refractivity contribution in [3.8, 4) is 11.1 Å². The highest BCUT2D eigenvalue weighted by molar-refractivity contribution is 7.98. The number of nitrogens with zero attached hydrogens (tertiary/aromatic N) is 1. The second-order valence-electron chi connectivity index (χ2n) is 11.1. The van der Waals surface area contributed by atoms with Gasteiger partial charge >= 0.3 is 5.97 Å². The minimum Gasteiger partial charge on any atom is -0.480 e. The molecule has 218 valence electrons. The number of likely N-dealkylation sites (tertiary alicyclic amines) is 1. The predicted octanol–water partition coefficient (Wildman–Crippen LogP) is 5.54. The van der Waals surface area contributed by atoms with Crippen LogP contribution in [0.5, 0.6) is 0 Å². The number of ether oxygens (including phenoxy) is 2. The first kappa shape index (κ1) is 30.6. The normalized spacial score (nSPS) is 20.9. The Hall–Kier alpha value is -2.39. The third kappa shape index (κ3) is 8.09. The monoisotopic (exact) mass is 568 g/mol. The average molecular weight is 569 g/mol. The molecule has 0 spiro atoms. The molecule has 3 atom stereocenters. The second-order valence-corrected chi connectivity index (χ2v) is 12.1. The summed E-state index contributed by atoms with van der Waals surface area (Å²) in [5, 5.41) is 12.4. The number of methoxy groups -OCH3 is 1. The Labute approximate surface area is 243 Å². The molecule has 2 aromatic carbocycles. The summed E-state index contributed by atoms with van der Waals surface area (Å²) in [5.74, 6) is -0.720. The van der Waals surface area contributed by atoms with Gasteiger partial charge in [0.15, 0.2) is 0 Å². The molecule has 0 bridgehead atoms. The van der Waals surface area contributed by atoms with E-state index in [1.54, 1.807) is 18.9 Å². The van der Waals surface area contributed by atoms with Gasteiger partial charge in [-0.1, -0.05) is 49.6 Å². The van der Waals surface area contributed by atoms with Crippen molar-refractivity contribution in [3.63, 3.8) is 0 Å². The topological polar surface area (TPSA) is 88.1 Å². The summed E-state index contributed by atoms with van der Waals surface area (Å²) in [6.07, 6.45) is 9.93. The third-order valence-corrected chi connectivity index (χ3v) is 8.91. The van der Waals surface area contributed by atoms with Crippen LogP contribution in [0.3, 0.4) is 0 Å². The van der Waals surface area contributed by atoms with Crippen LogP contribution in [-0.4, -0.2) is 78.4 Å². The molecule has 0 radical (unpaired) electrons. The zero-order valence-corrected chi connectivity index (χ0v) is 24.9. The number of aryl methyl sites for hydroxylation is 1. The predicted molar refractivity (Wildman–Crippen MR) is 161 cm³/mol. The molecule has 8 heteroatoms. The lowest BCUT2D eigenvalue weighted by Gasteiger charge is -2.28. The van der Waals surface area contributed by atoms with Crippen molar-refractivity contribution in [1.29, 1.82) is 0 Å². The molecule has 2 aliphatic rings. The van der Waals surface area contributed by atoms with Gasteiger partial charge in [-0.05, 0) is 79.0 Å². The smallest absolute Gasteiger partial charge is 0.326 e. The Morgan fingerprint density at radius 1 is 1.10 bits per heavy atom. The van der Waals surface area contributed by atoms with Crippen LogP contribution >= 0.6 is 11.8 Å². The fourth-order valence-electron chi connectivity index (χ4n) is 5.90. The number of carboxylic acids is 1. The summed E-state index contributed by atoms with van der Waals surface area (Å²) in [5.41, 5.74) is 4.44. The number of carbonyl (C=O) groups excluding carboxylic acids is 1. The van der Waals surface area contributed by atoms with Crippen LogP contribution in [0.1, 0.15) is 66.4 Å². The lowest BCUT2D eigenvalue weighted by atomic mass is 9.93. The number of nitrogens with one attached hydrogen (secondary N) is 1. The van der Waals surface area contributed by atoms with E-state index in [1.807, 2.05) is 49.6 Å². The quantitative estimate of drug-likeness (QED) is 0.328. The van der Waals surface area contributed by atoms with Gasteiger partial charge in [-0.3, -0.25) is 9.69 Å². The summed E-state index contributed by atoms with van der Waals surface area (Å²) >= 11 is 1.57. The number of thioether (sulfide) groups is 1. The van der Waals surface area contributed by atoms with Gasteiger partial charge in [0.1, 0.15) is 6.04 Å². The van der Waals surface area contributed by atoms with E-state index < -0.39 is 12.0 Å². The second kappa shape index (κ2) is 15.0. The van der Waals surface area contributed by atoms with Crippen LogP contribution in [0.4, 0.5) is 0 Å². The number of hydrogen-bond donors (Lipinski definition) is 2. The Morgan fingerprint density at radius 2 is 1.88 bits per heavy atom. The van der Waals surface area contributed by atoms with E-state index in [9.17, 15) is 14.7 Å². The minimum atomic E-state index is -1.01. The van der Waals surface area contributed by atoms with Gasteiger partial charge in [0.25, 0.3) is 5.91 Å². The van der Waals surface area contributed by atoms with Crippen molar-refractivity contribution >= 4 is 23.6 Å². The average Bonchev–Trinajstić information content (AvgIpc) is 3.36. The minimum absolute atomic E-state index is 0.176. The lowest BCUT2D eigenvalue weighted by Crippen LogP contribution is -2.41. The Kier molecular flexibility index (Phi) is 11.5. The first-order valence-electron chi connectivity index (χ1n) is 14.5. The van der Waals surface area contributed by atoms with E-state index in [4.69, 9.17) is 9.47 Å². The van der Waals surface area contributed by atoms with Crippen LogP contribution < -0.4 is 5.32 Å². The number of hydrogen-bond acceptors (Lipinski definition) is 6. The first-order chi connectivity index (χ1) is 19.4. The molecule has 1 amide bonds. The molecule has 2 fully saturated rings. The Balaban J connectivity index is 1.56. The van der Waals surface area contributed by atoms with Crippen molar-refractivity contribution in [2.45, 2.75) is 82.7 Å². The summed E-state index contributed by atoms with van der Waals surface area (Å²) in [7, 11) is 1.78. The highest BCUT2D eigenvalue weighted by Crippen LogP contribution is 2.31. The molecule has 1 saturated carbocycles. The molecule has 40 heavy (non-hydrogen) atoms.